The van der Waals surface area contributed by atoms with Gasteiger partial charge in [-0.15, -0.1) is 0 Å². The summed E-state index contributed by atoms with van der Waals surface area (Å²) in [4.78, 5) is 30.6. The van der Waals surface area contributed by atoms with Crippen molar-refractivity contribution < 1.29 is 9.59 Å². The van der Waals surface area contributed by atoms with Crippen molar-refractivity contribution in [2.45, 2.75) is 27.2 Å². The van der Waals surface area contributed by atoms with Crippen LogP contribution in [-0.4, -0.2) is 36.4 Å². The van der Waals surface area contributed by atoms with Crippen LogP contribution < -0.4 is 15.5 Å². The Morgan fingerprint density at radius 2 is 1.81 bits per heavy atom. The molecule has 0 fully saturated rings. The molecule has 6 nitrogen and oxygen atoms in total. The lowest BCUT2D eigenvalue weighted by atomic mass is 10.1. The van der Waals surface area contributed by atoms with Crippen LogP contribution in [0.1, 0.15) is 36.2 Å². The Bertz CT molecular complexity index is 740. The molecule has 1 heterocycles. The number of amides is 2. The van der Waals surface area contributed by atoms with Crippen molar-refractivity contribution in [2.24, 2.45) is 0 Å². The minimum Gasteiger partial charge on any atom is -0.357 e. The Kier molecular flexibility index (Phi) is 7.14. The second kappa shape index (κ2) is 9.56. The molecule has 0 spiro atoms. The molecule has 0 bridgehead atoms. The van der Waals surface area contributed by atoms with Gasteiger partial charge in [-0.2, -0.15) is 0 Å². The number of hydrogen-bond donors (Lipinski definition) is 2. The molecule has 0 radical (unpaired) electrons. The number of anilines is 2. The van der Waals surface area contributed by atoms with Crippen molar-refractivity contribution in [3.8, 4) is 0 Å². The van der Waals surface area contributed by atoms with E-state index >= 15 is 0 Å². The molecule has 1 aromatic carbocycles. The van der Waals surface area contributed by atoms with Crippen molar-refractivity contribution >= 4 is 23.3 Å². The minimum absolute atomic E-state index is 0.160. The van der Waals surface area contributed by atoms with Gasteiger partial charge in [-0.3, -0.25) is 9.59 Å². The molecule has 2 N–H and O–H groups in total. The van der Waals surface area contributed by atoms with E-state index in [0.29, 0.717) is 11.3 Å². The lowest BCUT2D eigenvalue weighted by Crippen LogP contribution is -2.28. The van der Waals surface area contributed by atoms with Crippen LogP contribution in [-0.2, 0) is 4.79 Å². The molecule has 138 valence electrons. The molecule has 0 saturated carbocycles. The van der Waals surface area contributed by atoms with Gasteiger partial charge in [0.2, 0.25) is 5.91 Å². The highest BCUT2D eigenvalue weighted by molar-refractivity contribution is 5.96. The van der Waals surface area contributed by atoms with E-state index in [4.69, 9.17) is 0 Å². The molecule has 26 heavy (non-hydrogen) atoms. The number of rotatable bonds is 8. The molecule has 2 aromatic rings. The molecule has 1 aromatic heterocycles. The van der Waals surface area contributed by atoms with E-state index in [2.05, 4.69) is 34.4 Å². The van der Waals surface area contributed by atoms with Crippen molar-refractivity contribution in [2.75, 3.05) is 29.9 Å². The fourth-order valence-corrected chi connectivity index (χ4v) is 2.63. The summed E-state index contributed by atoms with van der Waals surface area (Å²) in [6.45, 7) is 8.09. The first-order chi connectivity index (χ1) is 12.5. The van der Waals surface area contributed by atoms with Gasteiger partial charge in [-0.1, -0.05) is 18.2 Å². The third kappa shape index (κ3) is 5.31. The van der Waals surface area contributed by atoms with Crippen molar-refractivity contribution in [3.63, 3.8) is 0 Å². The smallest absolute Gasteiger partial charge is 0.251 e. The first kappa shape index (κ1) is 19.4. The number of carbonyl (C=O) groups excluding carboxylic acids is 2. The van der Waals surface area contributed by atoms with Crippen molar-refractivity contribution in [3.05, 3.63) is 53.7 Å². The lowest BCUT2D eigenvalue weighted by molar-refractivity contribution is -0.116. The number of nitrogens with zero attached hydrogens (tertiary/aromatic N) is 2. The van der Waals surface area contributed by atoms with Gasteiger partial charge in [0.1, 0.15) is 5.82 Å². The molecular formula is C20H26N4O2. The Labute approximate surface area is 154 Å². The van der Waals surface area contributed by atoms with Gasteiger partial charge in [0.05, 0.1) is 11.9 Å². The standard InChI is InChI=1S/C20H26N4O2/c1-4-24(5-2)18-11-10-16(14-22-18)23-19(25)12-13-21-20(26)17-9-7-6-8-15(17)3/h6-11,14H,4-5,12-13H2,1-3H3,(H,21,26)(H,23,25). The summed E-state index contributed by atoms with van der Waals surface area (Å²) in [6, 6.07) is 11.1. The van der Waals surface area contributed by atoms with Crippen molar-refractivity contribution in [1.82, 2.24) is 10.3 Å². The van der Waals surface area contributed by atoms with E-state index in [0.717, 1.165) is 24.5 Å². The largest absolute Gasteiger partial charge is 0.357 e. The van der Waals surface area contributed by atoms with E-state index in [-0.39, 0.29) is 24.8 Å². The zero-order chi connectivity index (χ0) is 18.9. The molecule has 0 atom stereocenters. The normalized spacial score (nSPS) is 10.3. The van der Waals surface area contributed by atoms with E-state index < -0.39 is 0 Å². The third-order valence-corrected chi connectivity index (χ3v) is 4.15. The first-order valence-electron chi connectivity index (χ1n) is 8.89. The van der Waals surface area contributed by atoms with Crippen LogP contribution in [0.2, 0.25) is 0 Å². The molecular weight excluding hydrogens is 328 g/mol. The number of carbonyl (C=O) groups is 2. The minimum atomic E-state index is -0.166. The highest BCUT2D eigenvalue weighted by Gasteiger charge is 2.09. The molecule has 0 aliphatic carbocycles. The molecule has 0 aliphatic heterocycles. The Morgan fingerprint density at radius 1 is 1.08 bits per heavy atom. The maximum absolute atomic E-state index is 12.1. The van der Waals surface area contributed by atoms with Crippen LogP contribution in [0.5, 0.6) is 0 Å². The van der Waals surface area contributed by atoms with Gasteiger partial charge in [0.25, 0.3) is 5.91 Å². The molecule has 6 heteroatoms. The quantitative estimate of drug-likeness (QED) is 0.764. The fraction of sp³-hybridized carbons (Fsp3) is 0.350. The van der Waals surface area contributed by atoms with Gasteiger partial charge >= 0.3 is 0 Å². The summed E-state index contributed by atoms with van der Waals surface area (Å²) < 4.78 is 0. The molecule has 0 unspecified atom stereocenters. The number of aromatic nitrogens is 1. The SMILES string of the molecule is CCN(CC)c1ccc(NC(=O)CCNC(=O)c2ccccc2C)cn1. The van der Waals surface area contributed by atoms with Crippen LogP contribution in [0.15, 0.2) is 42.6 Å². The number of pyridine rings is 1. The number of hydrogen-bond acceptors (Lipinski definition) is 4. The van der Waals surface area contributed by atoms with Gasteiger partial charge < -0.3 is 15.5 Å². The second-order valence-electron chi connectivity index (χ2n) is 5.95. The molecule has 0 saturated heterocycles. The van der Waals surface area contributed by atoms with Crippen LogP contribution in [0.4, 0.5) is 11.5 Å². The Balaban J connectivity index is 1.80. The predicted octanol–water partition coefficient (Wildman–Crippen LogP) is 2.99. The maximum atomic E-state index is 12.1. The van der Waals surface area contributed by atoms with E-state index in [1.807, 2.05) is 37.3 Å². The lowest BCUT2D eigenvalue weighted by Gasteiger charge is -2.19. The summed E-state index contributed by atoms with van der Waals surface area (Å²) in [5.74, 6) is 0.562. The van der Waals surface area contributed by atoms with Crippen LogP contribution >= 0.6 is 0 Å². The van der Waals surface area contributed by atoms with E-state index in [1.165, 1.54) is 0 Å². The van der Waals surface area contributed by atoms with Gasteiger partial charge in [-0.25, -0.2) is 4.98 Å². The van der Waals surface area contributed by atoms with E-state index in [1.54, 1.807) is 12.3 Å². The molecule has 2 rings (SSSR count). The third-order valence-electron chi connectivity index (χ3n) is 4.15. The maximum Gasteiger partial charge on any atom is 0.251 e. The number of benzene rings is 1. The summed E-state index contributed by atoms with van der Waals surface area (Å²) in [6.07, 6.45) is 1.85. The second-order valence-corrected chi connectivity index (χ2v) is 5.95. The fourth-order valence-electron chi connectivity index (χ4n) is 2.63. The topological polar surface area (TPSA) is 74.3 Å². The Hall–Kier alpha value is -2.89. The number of aryl methyl sites for hydroxylation is 1. The van der Waals surface area contributed by atoms with Crippen LogP contribution in [0.25, 0.3) is 0 Å². The average molecular weight is 354 g/mol. The van der Waals surface area contributed by atoms with Gasteiger partial charge in [-0.05, 0) is 44.5 Å². The predicted molar refractivity (Wildman–Crippen MR) is 105 cm³/mol. The average Bonchev–Trinajstić information content (AvgIpc) is 2.64. The summed E-state index contributed by atoms with van der Waals surface area (Å²) in [5.41, 5.74) is 2.19. The highest BCUT2D eigenvalue weighted by Crippen LogP contribution is 2.14. The summed E-state index contributed by atoms with van der Waals surface area (Å²) >= 11 is 0. The monoisotopic (exact) mass is 354 g/mol. The van der Waals surface area contributed by atoms with Gasteiger partial charge in [0.15, 0.2) is 0 Å². The molecule has 0 aliphatic rings. The summed E-state index contributed by atoms with van der Waals surface area (Å²) in [5, 5.41) is 5.57. The zero-order valence-electron chi connectivity index (χ0n) is 15.6. The number of nitrogens with one attached hydrogen (secondary N) is 2. The highest BCUT2D eigenvalue weighted by atomic mass is 16.2. The summed E-state index contributed by atoms with van der Waals surface area (Å²) in [7, 11) is 0. The van der Waals surface area contributed by atoms with Gasteiger partial charge in [0, 0.05) is 31.6 Å². The molecule has 2 amide bonds. The Morgan fingerprint density at radius 3 is 2.42 bits per heavy atom. The van der Waals surface area contributed by atoms with Crippen LogP contribution in [0, 0.1) is 6.92 Å². The van der Waals surface area contributed by atoms with E-state index in [9.17, 15) is 9.59 Å². The zero-order valence-corrected chi connectivity index (χ0v) is 15.6. The first-order valence-corrected chi connectivity index (χ1v) is 8.89. The van der Waals surface area contributed by atoms with Crippen LogP contribution in [0.3, 0.4) is 0 Å². The van der Waals surface area contributed by atoms with Crippen molar-refractivity contribution in [1.29, 1.82) is 0 Å².